The molecule has 0 amide bonds. The summed E-state index contributed by atoms with van der Waals surface area (Å²) in [4.78, 5) is 0. The van der Waals surface area contributed by atoms with E-state index in [4.69, 9.17) is 10.9 Å². The Hall–Kier alpha value is -1.23. The summed E-state index contributed by atoms with van der Waals surface area (Å²) in [6.45, 7) is 2.96. The molecule has 0 spiro atoms. The number of benzene rings is 1. The predicted molar refractivity (Wildman–Crippen MR) is 74.6 cm³/mol. The van der Waals surface area contributed by atoms with E-state index in [1.54, 1.807) is 0 Å². The van der Waals surface area contributed by atoms with E-state index in [0.717, 1.165) is 29.5 Å². The lowest BCUT2D eigenvalue weighted by Gasteiger charge is -2.09. The Labute approximate surface area is 110 Å². The zero-order valence-corrected chi connectivity index (χ0v) is 11.5. The summed E-state index contributed by atoms with van der Waals surface area (Å²) in [5.74, 6) is 0.295. The minimum absolute atomic E-state index is 0.295. The van der Waals surface area contributed by atoms with Crippen LogP contribution in [-0.2, 0) is 0 Å². The van der Waals surface area contributed by atoms with Crippen molar-refractivity contribution in [2.24, 2.45) is 10.9 Å². The van der Waals surface area contributed by atoms with Crippen LogP contribution in [0.1, 0.15) is 24.8 Å². The van der Waals surface area contributed by atoms with E-state index in [0.29, 0.717) is 12.3 Å². The first-order valence-corrected chi connectivity index (χ1v) is 6.39. The average Bonchev–Trinajstić information content (AvgIpc) is 2.32. The number of aryl methyl sites for hydroxylation is 1. The maximum absolute atomic E-state index is 8.38. The summed E-state index contributed by atoms with van der Waals surface area (Å²) in [5.41, 5.74) is 7.75. The van der Waals surface area contributed by atoms with E-state index in [-0.39, 0.29) is 0 Å². The first kappa shape index (κ1) is 13.8. The van der Waals surface area contributed by atoms with Crippen LogP contribution in [0.5, 0.6) is 0 Å². The standard InChI is InChI=1S/C12H18BrN3O/c1-9-5-6-10(13)8-11(9)15-7-3-2-4-12(14)16-17/h5-6,8,15,17H,2-4,7H2,1H3,(H2,14,16). The summed E-state index contributed by atoms with van der Waals surface area (Å²) >= 11 is 3.45. The molecule has 17 heavy (non-hydrogen) atoms. The van der Waals surface area contributed by atoms with E-state index in [2.05, 4.69) is 45.5 Å². The van der Waals surface area contributed by atoms with Crippen LogP contribution < -0.4 is 11.1 Å². The molecule has 0 saturated carbocycles. The van der Waals surface area contributed by atoms with Crippen molar-refractivity contribution in [1.29, 1.82) is 0 Å². The molecule has 5 heteroatoms. The minimum atomic E-state index is 0.295. The summed E-state index contributed by atoms with van der Waals surface area (Å²) in [6, 6.07) is 6.17. The van der Waals surface area contributed by atoms with Gasteiger partial charge in [-0.25, -0.2) is 0 Å². The lowest BCUT2D eigenvalue weighted by atomic mass is 10.2. The number of anilines is 1. The molecular weight excluding hydrogens is 282 g/mol. The van der Waals surface area contributed by atoms with E-state index in [1.165, 1.54) is 5.56 Å². The number of nitrogens with zero attached hydrogens (tertiary/aromatic N) is 1. The van der Waals surface area contributed by atoms with Crippen molar-refractivity contribution in [1.82, 2.24) is 0 Å². The van der Waals surface area contributed by atoms with Gasteiger partial charge in [0.2, 0.25) is 0 Å². The van der Waals surface area contributed by atoms with E-state index >= 15 is 0 Å². The van der Waals surface area contributed by atoms with Crippen molar-refractivity contribution >= 4 is 27.5 Å². The molecule has 0 aromatic heterocycles. The molecule has 4 N–H and O–H groups in total. The molecule has 0 aliphatic carbocycles. The fourth-order valence-electron chi connectivity index (χ4n) is 1.49. The Morgan fingerprint density at radius 2 is 2.24 bits per heavy atom. The fraction of sp³-hybridized carbons (Fsp3) is 0.417. The van der Waals surface area contributed by atoms with Crippen LogP contribution in [0.15, 0.2) is 27.8 Å². The van der Waals surface area contributed by atoms with E-state index in [1.807, 2.05) is 6.07 Å². The van der Waals surface area contributed by atoms with Crippen molar-refractivity contribution in [3.8, 4) is 0 Å². The highest BCUT2D eigenvalue weighted by atomic mass is 79.9. The van der Waals surface area contributed by atoms with Crippen LogP contribution in [0, 0.1) is 6.92 Å². The smallest absolute Gasteiger partial charge is 0.139 e. The predicted octanol–water partition coefficient (Wildman–Crippen LogP) is 3.09. The Balaban J connectivity index is 2.29. The van der Waals surface area contributed by atoms with Gasteiger partial charge in [-0.15, -0.1) is 0 Å². The molecule has 1 rings (SSSR count). The van der Waals surface area contributed by atoms with Crippen molar-refractivity contribution < 1.29 is 5.21 Å². The molecule has 1 aromatic rings. The largest absolute Gasteiger partial charge is 0.409 e. The molecule has 0 aliphatic heterocycles. The fourth-order valence-corrected chi connectivity index (χ4v) is 1.85. The number of unbranched alkanes of at least 4 members (excludes halogenated alkanes) is 1. The van der Waals surface area contributed by atoms with Gasteiger partial charge < -0.3 is 16.3 Å². The lowest BCUT2D eigenvalue weighted by Crippen LogP contribution is -2.12. The van der Waals surface area contributed by atoms with E-state index < -0.39 is 0 Å². The van der Waals surface area contributed by atoms with Crippen LogP contribution >= 0.6 is 15.9 Å². The third-order valence-corrected chi connectivity index (χ3v) is 3.00. The summed E-state index contributed by atoms with van der Waals surface area (Å²) in [5, 5.41) is 14.7. The maximum atomic E-state index is 8.38. The average molecular weight is 300 g/mol. The second-order valence-corrected chi connectivity index (χ2v) is 4.85. The third kappa shape index (κ3) is 5.08. The Morgan fingerprint density at radius 3 is 2.94 bits per heavy atom. The SMILES string of the molecule is Cc1ccc(Br)cc1NCCCCC(N)=NO. The summed E-state index contributed by atoms with van der Waals surface area (Å²) in [6.07, 6.45) is 2.54. The molecule has 0 bridgehead atoms. The number of nitrogens with one attached hydrogen (secondary N) is 1. The normalized spacial score (nSPS) is 11.5. The van der Waals surface area contributed by atoms with Crippen LogP contribution in [0.25, 0.3) is 0 Å². The molecule has 0 unspecified atom stereocenters. The third-order valence-electron chi connectivity index (χ3n) is 2.50. The van der Waals surface area contributed by atoms with Gasteiger partial charge in [-0.3, -0.25) is 0 Å². The summed E-state index contributed by atoms with van der Waals surface area (Å²) < 4.78 is 1.07. The van der Waals surface area contributed by atoms with Crippen LogP contribution in [0.4, 0.5) is 5.69 Å². The van der Waals surface area contributed by atoms with E-state index in [9.17, 15) is 0 Å². The van der Waals surface area contributed by atoms with Gasteiger partial charge in [0, 0.05) is 23.1 Å². The molecular formula is C12H18BrN3O. The second kappa shape index (κ2) is 7.17. The topological polar surface area (TPSA) is 70.6 Å². The zero-order chi connectivity index (χ0) is 12.7. The van der Waals surface area contributed by atoms with Crippen molar-refractivity contribution in [2.75, 3.05) is 11.9 Å². The van der Waals surface area contributed by atoms with Crippen LogP contribution in [-0.4, -0.2) is 17.6 Å². The van der Waals surface area contributed by atoms with Gasteiger partial charge in [-0.1, -0.05) is 27.2 Å². The highest BCUT2D eigenvalue weighted by Crippen LogP contribution is 2.20. The maximum Gasteiger partial charge on any atom is 0.139 e. The first-order chi connectivity index (χ1) is 8.13. The van der Waals surface area contributed by atoms with Crippen molar-refractivity contribution in [3.05, 3.63) is 28.2 Å². The molecule has 0 heterocycles. The molecule has 0 aliphatic rings. The van der Waals surface area contributed by atoms with Gasteiger partial charge >= 0.3 is 0 Å². The molecule has 94 valence electrons. The molecule has 1 aromatic carbocycles. The summed E-state index contributed by atoms with van der Waals surface area (Å²) in [7, 11) is 0. The van der Waals surface area contributed by atoms with Crippen LogP contribution in [0.3, 0.4) is 0 Å². The number of halogens is 1. The molecule has 0 atom stereocenters. The van der Waals surface area contributed by atoms with Crippen molar-refractivity contribution in [3.63, 3.8) is 0 Å². The van der Waals surface area contributed by atoms with Gasteiger partial charge in [0.1, 0.15) is 5.84 Å². The van der Waals surface area contributed by atoms with Crippen LogP contribution in [0.2, 0.25) is 0 Å². The number of amidine groups is 1. The van der Waals surface area contributed by atoms with Crippen molar-refractivity contribution in [2.45, 2.75) is 26.2 Å². The zero-order valence-electron chi connectivity index (χ0n) is 9.91. The monoisotopic (exact) mass is 299 g/mol. The molecule has 4 nitrogen and oxygen atoms in total. The molecule has 0 fully saturated rings. The molecule has 0 saturated heterocycles. The Kier molecular flexibility index (Phi) is 5.83. The first-order valence-electron chi connectivity index (χ1n) is 5.60. The quantitative estimate of drug-likeness (QED) is 0.248. The number of nitrogens with two attached hydrogens (primary N) is 1. The lowest BCUT2D eigenvalue weighted by molar-refractivity contribution is 0.316. The van der Waals surface area contributed by atoms with Gasteiger partial charge in [-0.2, -0.15) is 0 Å². The molecule has 0 radical (unpaired) electrons. The minimum Gasteiger partial charge on any atom is -0.409 e. The van der Waals surface area contributed by atoms with Gasteiger partial charge in [0.05, 0.1) is 0 Å². The Morgan fingerprint density at radius 1 is 1.47 bits per heavy atom. The highest BCUT2D eigenvalue weighted by Gasteiger charge is 1.99. The second-order valence-electron chi connectivity index (χ2n) is 3.93. The van der Waals surface area contributed by atoms with Gasteiger partial charge in [0.25, 0.3) is 0 Å². The number of oxime groups is 1. The Bertz CT molecular complexity index is 393. The van der Waals surface area contributed by atoms with Gasteiger partial charge in [0.15, 0.2) is 0 Å². The number of rotatable bonds is 6. The number of hydrogen-bond donors (Lipinski definition) is 3. The van der Waals surface area contributed by atoms with Gasteiger partial charge in [-0.05, 0) is 37.5 Å². The highest BCUT2D eigenvalue weighted by molar-refractivity contribution is 9.10. The number of hydrogen-bond acceptors (Lipinski definition) is 3.